The minimum absolute atomic E-state index is 0.0963. The van der Waals surface area contributed by atoms with Crippen molar-refractivity contribution in [2.75, 3.05) is 12.9 Å². The van der Waals surface area contributed by atoms with Gasteiger partial charge in [-0.15, -0.1) is 10.2 Å². The van der Waals surface area contributed by atoms with Gasteiger partial charge in [-0.25, -0.2) is 9.82 Å². The van der Waals surface area contributed by atoms with E-state index in [1.807, 2.05) is 35.8 Å². The molecule has 0 atom stereocenters. The first kappa shape index (κ1) is 22.0. The molecule has 10 heteroatoms. The van der Waals surface area contributed by atoms with Crippen molar-refractivity contribution < 1.29 is 13.9 Å². The number of carbonyl (C=O) groups excluding carboxylic acids is 1. The van der Waals surface area contributed by atoms with Crippen LogP contribution in [0.2, 0.25) is 0 Å². The second-order valence-corrected chi connectivity index (χ2v) is 7.88. The number of hydrazone groups is 1. The van der Waals surface area contributed by atoms with E-state index in [0.717, 1.165) is 15.8 Å². The van der Waals surface area contributed by atoms with Crippen molar-refractivity contribution in [1.29, 1.82) is 0 Å². The lowest BCUT2D eigenvalue weighted by molar-refractivity contribution is -0.118. The molecule has 7 nitrogen and oxygen atoms in total. The first-order valence-electron chi connectivity index (χ1n) is 8.99. The number of aromatic nitrogens is 3. The van der Waals surface area contributed by atoms with Crippen LogP contribution in [-0.2, 0) is 11.3 Å². The van der Waals surface area contributed by atoms with Crippen LogP contribution in [0.1, 0.15) is 12.5 Å². The number of thioether (sulfide) groups is 1. The molecule has 1 aromatic heterocycles. The minimum Gasteiger partial charge on any atom is -0.497 e. The summed E-state index contributed by atoms with van der Waals surface area (Å²) in [5, 5.41) is 12.9. The van der Waals surface area contributed by atoms with Gasteiger partial charge in [0.25, 0.3) is 5.91 Å². The molecule has 0 unspecified atom stereocenters. The Bertz CT molecular complexity index is 1060. The minimum atomic E-state index is -0.423. The second kappa shape index (κ2) is 10.4. The molecule has 1 heterocycles. The van der Waals surface area contributed by atoms with E-state index in [9.17, 15) is 9.18 Å². The highest BCUT2D eigenvalue weighted by Gasteiger charge is 2.14. The predicted molar refractivity (Wildman–Crippen MR) is 118 cm³/mol. The summed E-state index contributed by atoms with van der Waals surface area (Å²) in [6, 6.07) is 12.0. The summed E-state index contributed by atoms with van der Waals surface area (Å²) in [7, 11) is 1.61. The number of hydrogen-bond donors (Lipinski definition) is 1. The highest BCUT2D eigenvalue weighted by atomic mass is 79.9. The SMILES string of the molecule is CCn1c(SCC(=O)NN=Cc2cc(Br)ccc2F)nnc1-c1ccc(OC)cc1. The van der Waals surface area contributed by atoms with Gasteiger partial charge in [-0.2, -0.15) is 5.10 Å². The van der Waals surface area contributed by atoms with Gasteiger partial charge in [-0.1, -0.05) is 27.7 Å². The zero-order valence-corrected chi connectivity index (χ0v) is 18.7. The highest BCUT2D eigenvalue weighted by molar-refractivity contribution is 9.10. The Kier molecular flexibility index (Phi) is 7.58. The normalized spacial score (nSPS) is 11.1. The van der Waals surface area contributed by atoms with Crippen molar-refractivity contribution in [2.24, 2.45) is 5.10 Å². The highest BCUT2D eigenvalue weighted by Crippen LogP contribution is 2.25. The average molecular weight is 492 g/mol. The van der Waals surface area contributed by atoms with Crippen molar-refractivity contribution in [3.8, 4) is 17.1 Å². The number of carbonyl (C=O) groups is 1. The van der Waals surface area contributed by atoms with Gasteiger partial charge < -0.3 is 9.30 Å². The number of methoxy groups -OCH3 is 1. The molecule has 0 aliphatic heterocycles. The van der Waals surface area contributed by atoms with Gasteiger partial charge in [0.15, 0.2) is 11.0 Å². The van der Waals surface area contributed by atoms with E-state index in [1.165, 1.54) is 24.0 Å². The van der Waals surface area contributed by atoms with Gasteiger partial charge in [-0.3, -0.25) is 4.79 Å². The van der Waals surface area contributed by atoms with Crippen LogP contribution in [0.4, 0.5) is 4.39 Å². The molecule has 3 rings (SSSR count). The Morgan fingerprint density at radius 1 is 1.30 bits per heavy atom. The summed E-state index contributed by atoms with van der Waals surface area (Å²) < 4.78 is 21.5. The van der Waals surface area contributed by atoms with Crippen LogP contribution in [-0.4, -0.2) is 39.7 Å². The average Bonchev–Trinajstić information content (AvgIpc) is 3.17. The predicted octanol–water partition coefficient (Wildman–Crippen LogP) is 4.12. The summed E-state index contributed by atoms with van der Waals surface area (Å²) >= 11 is 4.52. The molecule has 0 fully saturated rings. The Morgan fingerprint density at radius 2 is 2.07 bits per heavy atom. The number of nitrogens with one attached hydrogen (secondary N) is 1. The smallest absolute Gasteiger partial charge is 0.250 e. The third-order valence-corrected chi connectivity index (χ3v) is 5.52. The van der Waals surface area contributed by atoms with Gasteiger partial charge >= 0.3 is 0 Å². The number of amides is 1. The molecule has 2 aromatic carbocycles. The van der Waals surface area contributed by atoms with Gasteiger partial charge in [0, 0.05) is 22.1 Å². The quantitative estimate of drug-likeness (QED) is 0.291. The Hall–Kier alpha value is -2.72. The molecular weight excluding hydrogens is 473 g/mol. The standard InChI is InChI=1S/C20H19BrFN5O2S/c1-3-27-19(13-4-7-16(29-2)8-5-13)25-26-20(27)30-12-18(28)24-23-11-14-10-15(21)6-9-17(14)22/h4-11H,3,12H2,1-2H3,(H,24,28). The Balaban J connectivity index is 1.61. The summed E-state index contributed by atoms with van der Waals surface area (Å²) in [6.45, 7) is 2.63. The van der Waals surface area contributed by atoms with Crippen molar-refractivity contribution in [2.45, 2.75) is 18.6 Å². The second-order valence-electron chi connectivity index (χ2n) is 6.03. The number of benzene rings is 2. The van der Waals surface area contributed by atoms with Crippen LogP contribution < -0.4 is 10.2 Å². The van der Waals surface area contributed by atoms with Crippen LogP contribution in [0.15, 0.2) is 57.2 Å². The summed E-state index contributed by atoms with van der Waals surface area (Å²) in [4.78, 5) is 12.1. The Morgan fingerprint density at radius 3 is 2.77 bits per heavy atom. The van der Waals surface area contributed by atoms with Crippen LogP contribution in [0, 0.1) is 5.82 Å². The van der Waals surface area contributed by atoms with Crippen molar-refractivity contribution in [3.05, 3.63) is 58.3 Å². The number of ether oxygens (including phenoxy) is 1. The Labute approximate surface area is 185 Å². The van der Waals surface area contributed by atoms with Crippen molar-refractivity contribution in [1.82, 2.24) is 20.2 Å². The lowest BCUT2D eigenvalue weighted by Gasteiger charge is -2.07. The zero-order valence-electron chi connectivity index (χ0n) is 16.3. The van der Waals surface area contributed by atoms with Gasteiger partial charge in [0.1, 0.15) is 11.6 Å². The first-order valence-corrected chi connectivity index (χ1v) is 10.8. The number of hydrogen-bond acceptors (Lipinski definition) is 6. The van der Waals surface area contributed by atoms with E-state index >= 15 is 0 Å². The van der Waals surface area contributed by atoms with Crippen molar-refractivity contribution in [3.63, 3.8) is 0 Å². The molecule has 0 aliphatic carbocycles. The van der Waals surface area contributed by atoms with Crippen LogP contribution in [0.5, 0.6) is 5.75 Å². The molecule has 0 radical (unpaired) electrons. The van der Waals surface area contributed by atoms with Crippen LogP contribution in [0.25, 0.3) is 11.4 Å². The molecule has 156 valence electrons. The topological polar surface area (TPSA) is 81.4 Å². The van der Waals surface area contributed by atoms with E-state index in [1.54, 1.807) is 19.2 Å². The molecule has 0 saturated carbocycles. The molecule has 0 bridgehead atoms. The zero-order chi connectivity index (χ0) is 21.5. The van der Waals surface area contributed by atoms with Gasteiger partial charge in [0.2, 0.25) is 0 Å². The lowest BCUT2D eigenvalue weighted by atomic mass is 10.2. The monoisotopic (exact) mass is 491 g/mol. The number of nitrogens with zero attached hydrogens (tertiary/aromatic N) is 4. The molecule has 1 amide bonds. The maximum Gasteiger partial charge on any atom is 0.250 e. The van der Waals surface area contributed by atoms with E-state index in [-0.39, 0.29) is 17.2 Å². The largest absolute Gasteiger partial charge is 0.497 e. The van der Waals surface area contributed by atoms with Gasteiger partial charge in [0.05, 0.1) is 19.1 Å². The maximum atomic E-state index is 13.7. The van der Waals surface area contributed by atoms with Crippen LogP contribution in [0.3, 0.4) is 0 Å². The molecule has 0 spiro atoms. The fraction of sp³-hybridized carbons (Fsp3) is 0.200. The lowest BCUT2D eigenvalue weighted by Crippen LogP contribution is -2.20. The third kappa shape index (κ3) is 5.45. The fourth-order valence-electron chi connectivity index (χ4n) is 2.58. The summed E-state index contributed by atoms with van der Waals surface area (Å²) in [6.07, 6.45) is 1.26. The van der Waals surface area contributed by atoms with E-state index in [2.05, 4.69) is 36.7 Å². The maximum absolute atomic E-state index is 13.7. The molecule has 0 saturated heterocycles. The summed E-state index contributed by atoms with van der Waals surface area (Å²) in [5.41, 5.74) is 3.57. The molecular formula is C20H19BrFN5O2S. The molecule has 3 aromatic rings. The molecule has 0 aliphatic rings. The number of halogens is 2. The third-order valence-electron chi connectivity index (χ3n) is 4.06. The van der Waals surface area contributed by atoms with Gasteiger partial charge in [-0.05, 0) is 49.4 Å². The molecule has 1 N–H and O–H groups in total. The fourth-order valence-corrected chi connectivity index (χ4v) is 3.76. The summed E-state index contributed by atoms with van der Waals surface area (Å²) in [5.74, 6) is 0.817. The number of rotatable bonds is 8. The molecule has 30 heavy (non-hydrogen) atoms. The van der Waals surface area contributed by atoms with Crippen LogP contribution >= 0.6 is 27.7 Å². The van der Waals surface area contributed by atoms with E-state index in [0.29, 0.717) is 17.5 Å². The van der Waals surface area contributed by atoms with Crippen molar-refractivity contribution >= 4 is 39.8 Å². The van der Waals surface area contributed by atoms with E-state index < -0.39 is 5.82 Å². The first-order chi connectivity index (χ1) is 14.5. The van der Waals surface area contributed by atoms with E-state index in [4.69, 9.17) is 4.74 Å².